The molecule has 1 aromatic rings. The number of halogens is 3. The summed E-state index contributed by atoms with van der Waals surface area (Å²) >= 11 is 0.605. The minimum atomic E-state index is -4.58. The van der Waals surface area contributed by atoms with Crippen molar-refractivity contribution in [3.8, 4) is 0 Å². The third-order valence-electron chi connectivity index (χ3n) is 3.32. The fourth-order valence-electron chi connectivity index (χ4n) is 2.33. The minimum absolute atomic E-state index is 0.0236. The summed E-state index contributed by atoms with van der Waals surface area (Å²) in [6, 6.07) is -0.399. The number of carboxylic acids is 1. The maximum absolute atomic E-state index is 12.4. The van der Waals surface area contributed by atoms with E-state index in [-0.39, 0.29) is 5.13 Å². The summed E-state index contributed by atoms with van der Waals surface area (Å²) in [5.41, 5.74) is 0. The first kappa shape index (κ1) is 15.0. The van der Waals surface area contributed by atoms with Crippen LogP contribution in [0.4, 0.5) is 18.3 Å². The summed E-state index contributed by atoms with van der Waals surface area (Å²) in [5, 5.41) is 12.0. The predicted octanol–water partition coefficient (Wildman–Crippen LogP) is 3.00. The molecule has 0 amide bonds. The lowest BCUT2D eigenvalue weighted by Gasteiger charge is -2.22. The van der Waals surface area contributed by atoms with Gasteiger partial charge in [0.15, 0.2) is 0 Å². The van der Waals surface area contributed by atoms with Gasteiger partial charge in [-0.05, 0) is 12.8 Å². The Morgan fingerprint density at radius 3 is 2.60 bits per heavy atom. The van der Waals surface area contributed by atoms with E-state index < -0.39 is 29.9 Å². The summed E-state index contributed by atoms with van der Waals surface area (Å²) < 4.78 is 40.5. The molecule has 1 aliphatic rings. The average Bonchev–Trinajstić information content (AvgIpc) is 2.68. The van der Waals surface area contributed by atoms with E-state index in [4.69, 9.17) is 0 Å². The fraction of sp³-hybridized carbons (Fsp3) is 0.727. The van der Waals surface area contributed by atoms with Gasteiger partial charge in [-0.1, -0.05) is 19.3 Å². The van der Waals surface area contributed by atoms with Gasteiger partial charge in [0, 0.05) is 17.6 Å². The van der Waals surface area contributed by atoms with E-state index in [9.17, 15) is 23.1 Å². The van der Waals surface area contributed by atoms with Crippen molar-refractivity contribution in [1.82, 2.24) is 9.36 Å². The second-order valence-corrected chi connectivity index (χ2v) is 5.51. The van der Waals surface area contributed by atoms with Gasteiger partial charge in [0.25, 0.3) is 0 Å². The second kappa shape index (κ2) is 5.94. The molecule has 2 unspecified atom stereocenters. The summed E-state index contributed by atoms with van der Waals surface area (Å²) in [6.07, 6.45) is -0.834. The molecule has 2 atom stereocenters. The van der Waals surface area contributed by atoms with Crippen molar-refractivity contribution in [2.24, 2.45) is 5.92 Å². The van der Waals surface area contributed by atoms with Crippen LogP contribution in [0.2, 0.25) is 0 Å². The number of aromatic nitrogens is 2. The van der Waals surface area contributed by atoms with Crippen molar-refractivity contribution in [2.75, 3.05) is 5.32 Å². The summed E-state index contributed by atoms with van der Waals surface area (Å²) in [7, 11) is 0. The summed E-state index contributed by atoms with van der Waals surface area (Å²) in [6.45, 7) is 0. The average molecular weight is 309 g/mol. The fourth-order valence-corrected chi connectivity index (χ4v) is 2.98. The molecule has 1 aromatic heterocycles. The van der Waals surface area contributed by atoms with E-state index >= 15 is 0 Å². The highest BCUT2D eigenvalue weighted by atomic mass is 32.1. The summed E-state index contributed by atoms with van der Waals surface area (Å²) in [5.74, 6) is -2.72. The molecule has 1 saturated carbocycles. The van der Waals surface area contributed by atoms with Crippen molar-refractivity contribution in [3.05, 3.63) is 5.82 Å². The predicted molar refractivity (Wildman–Crippen MR) is 66.5 cm³/mol. The standard InChI is InChI=1S/C11H14F3N3O2S/c12-11(13,14)9-16-10(20-17-9)15-7-5-3-1-2-4-6(7)8(18)19/h6-7H,1-5H2,(H,18,19)(H,15,16,17). The van der Waals surface area contributed by atoms with Crippen molar-refractivity contribution in [3.63, 3.8) is 0 Å². The van der Waals surface area contributed by atoms with Gasteiger partial charge in [-0.3, -0.25) is 4.79 Å². The maximum Gasteiger partial charge on any atom is 0.452 e. The molecule has 5 nitrogen and oxygen atoms in total. The maximum atomic E-state index is 12.4. The quantitative estimate of drug-likeness (QED) is 0.840. The van der Waals surface area contributed by atoms with E-state index in [2.05, 4.69) is 14.7 Å². The molecule has 0 aliphatic heterocycles. The van der Waals surface area contributed by atoms with Crippen LogP contribution in [0, 0.1) is 5.92 Å². The largest absolute Gasteiger partial charge is 0.481 e. The summed E-state index contributed by atoms with van der Waals surface area (Å²) in [4.78, 5) is 14.6. The van der Waals surface area contributed by atoms with Crippen molar-refractivity contribution < 1.29 is 23.1 Å². The van der Waals surface area contributed by atoms with Gasteiger partial charge in [-0.15, -0.1) is 0 Å². The van der Waals surface area contributed by atoms with Crippen LogP contribution < -0.4 is 5.32 Å². The lowest BCUT2D eigenvalue weighted by atomic mass is 9.95. The number of rotatable bonds is 3. The SMILES string of the molecule is O=C(O)C1CCCCCC1Nc1nc(C(F)(F)F)ns1. The molecule has 2 rings (SSSR count). The molecule has 9 heteroatoms. The van der Waals surface area contributed by atoms with E-state index in [0.717, 1.165) is 19.3 Å². The molecule has 2 N–H and O–H groups in total. The molecule has 20 heavy (non-hydrogen) atoms. The monoisotopic (exact) mass is 309 g/mol. The third kappa shape index (κ3) is 3.59. The molecule has 0 saturated heterocycles. The highest BCUT2D eigenvalue weighted by Gasteiger charge is 2.37. The molecule has 112 valence electrons. The second-order valence-electron chi connectivity index (χ2n) is 4.75. The number of nitrogens with zero attached hydrogens (tertiary/aromatic N) is 2. The Bertz CT molecular complexity index is 478. The number of anilines is 1. The number of carboxylic acid groups (broad SMARTS) is 1. The van der Waals surface area contributed by atoms with Gasteiger partial charge in [0.05, 0.1) is 5.92 Å². The topological polar surface area (TPSA) is 75.1 Å². The van der Waals surface area contributed by atoms with E-state index in [1.807, 2.05) is 0 Å². The third-order valence-corrected chi connectivity index (χ3v) is 3.97. The zero-order valence-electron chi connectivity index (χ0n) is 10.5. The molecule has 1 heterocycles. The van der Waals surface area contributed by atoms with Crippen LogP contribution >= 0.6 is 11.5 Å². The minimum Gasteiger partial charge on any atom is -0.481 e. The normalized spacial score (nSPS) is 24.1. The highest BCUT2D eigenvalue weighted by Crippen LogP contribution is 2.31. The van der Waals surface area contributed by atoms with Gasteiger partial charge >= 0.3 is 12.1 Å². The first-order chi connectivity index (χ1) is 9.38. The Morgan fingerprint density at radius 1 is 1.30 bits per heavy atom. The molecular weight excluding hydrogens is 295 g/mol. The smallest absolute Gasteiger partial charge is 0.452 e. The molecule has 0 aromatic carbocycles. The molecule has 1 fully saturated rings. The van der Waals surface area contributed by atoms with Crippen LogP contribution in [0.15, 0.2) is 0 Å². The Balaban J connectivity index is 2.10. The Morgan fingerprint density at radius 2 is 2.00 bits per heavy atom. The number of alkyl halides is 3. The lowest BCUT2D eigenvalue weighted by molar-refractivity contribution is -0.144. The van der Waals surface area contributed by atoms with Crippen molar-refractivity contribution in [1.29, 1.82) is 0 Å². The molecule has 0 radical (unpaired) electrons. The van der Waals surface area contributed by atoms with Crippen molar-refractivity contribution in [2.45, 2.75) is 44.3 Å². The number of aliphatic carboxylic acids is 1. The van der Waals surface area contributed by atoms with E-state index in [0.29, 0.717) is 24.4 Å². The molecule has 0 bridgehead atoms. The van der Waals surface area contributed by atoms with Crippen molar-refractivity contribution >= 4 is 22.6 Å². The van der Waals surface area contributed by atoms with Gasteiger partial charge in [0.1, 0.15) is 0 Å². The van der Waals surface area contributed by atoms with E-state index in [1.165, 1.54) is 0 Å². The number of hydrogen-bond acceptors (Lipinski definition) is 5. The Hall–Kier alpha value is -1.38. The van der Waals surface area contributed by atoms with Crippen LogP contribution in [-0.2, 0) is 11.0 Å². The van der Waals surface area contributed by atoms with Crippen LogP contribution in [0.5, 0.6) is 0 Å². The number of hydrogen-bond donors (Lipinski definition) is 2. The number of nitrogens with one attached hydrogen (secondary N) is 1. The van der Waals surface area contributed by atoms with Gasteiger partial charge in [-0.2, -0.15) is 22.5 Å². The first-order valence-electron chi connectivity index (χ1n) is 6.28. The highest BCUT2D eigenvalue weighted by molar-refractivity contribution is 7.09. The zero-order valence-corrected chi connectivity index (χ0v) is 11.3. The Labute approximate surface area is 117 Å². The molecule has 0 spiro atoms. The van der Waals surface area contributed by atoms with Crippen LogP contribution in [0.3, 0.4) is 0 Å². The first-order valence-corrected chi connectivity index (χ1v) is 7.05. The number of carbonyl (C=O) groups is 1. The lowest BCUT2D eigenvalue weighted by Crippen LogP contribution is -2.33. The Kier molecular flexibility index (Phi) is 4.46. The van der Waals surface area contributed by atoms with Crippen LogP contribution in [0.25, 0.3) is 0 Å². The van der Waals surface area contributed by atoms with Crippen LogP contribution in [-0.4, -0.2) is 26.5 Å². The van der Waals surface area contributed by atoms with Gasteiger partial charge < -0.3 is 10.4 Å². The zero-order chi connectivity index (χ0) is 14.8. The van der Waals surface area contributed by atoms with Gasteiger partial charge in [0.2, 0.25) is 11.0 Å². The van der Waals surface area contributed by atoms with Crippen LogP contribution in [0.1, 0.15) is 37.9 Å². The molecule has 1 aliphatic carbocycles. The van der Waals surface area contributed by atoms with E-state index in [1.54, 1.807) is 0 Å². The van der Waals surface area contributed by atoms with Gasteiger partial charge in [-0.25, -0.2) is 0 Å². The molecular formula is C11H14F3N3O2S.